The summed E-state index contributed by atoms with van der Waals surface area (Å²) in [6.07, 6.45) is -2.10. The van der Waals surface area contributed by atoms with Crippen molar-refractivity contribution >= 4 is 11.9 Å². The number of rotatable bonds is 4. The van der Waals surface area contributed by atoms with Gasteiger partial charge in [0.05, 0.1) is 11.1 Å². The molecule has 1 aromatic rings. The molecule has 0 aliphatic heterocycles. The van der Waals surface area contributed by atoms with Crippen LogP contribution in [0.4, 0.5) is 0 Å². The third kappa shape index (κ3) is 3.25. The second kappa shape index (κ2) is 5.39. The van der Waals surface area contributed by atoms with Gasteiger partial charge in [-0.15, -0.1) is 0 Å². The van der Waals surface area contributed by atoms with Crippen LogP contribution >= 0.6 is 0 Å². The molecule has 7 heteroatoms. The Labute approximate surface area is 95.4 Å². The summed E-state index contributed by atoms with van der Waals surface area (Å²) in [6.45, 7) is 0. The summed E-state index contributed by atoms with van der Waals surface area (Å²) >= 11 is 0. The molecule has 1 aromatic carbocycles. The lowest BCUT2D eigenvalue weighted by atomic mass is 10.0. The summed E-state index contributed by atoms with van der Waals surface area (Å²) in [4.78, 5) is 25.3. The number of carbonyl (C=O) groups excluding carboxylic acids is 1. The van der Waals surface area contributed by atoms with Gasteiger partial charge in [0, 0.05) is 6.42 Å². The number of aliphatic hydroxyl groups is 2. The van der Waals surface area contributed by atoms with E-state index < -0.39 is 18.2 Å². The lowest BCUT2D eigenvalue weighted by molar-refractivity contribution is -0.182. The Morgan fingerprint density at radius 1 is 1.29 bits per heavy atom. The number of aromatic carboxylic acids is 1. The first-order chi connectivity index (χ1) is 7.95. The highest BCUT2D eigenvalue weighted by molar-refractivity contribution is 5.94. The minimum Gasteiger partial charge on any atom is -0.478 e. The lowest BCUT2D eigenvalue weighted by Gasteiger charge is -2.09. The van der Waals surface area contributed by atoms with Crippen LogP contribution in [0.25, 0.3) is 0 Å². The largest absolute Gasteiger partial charge is 0.478 e. The minimum absolute atomic E-state index is 0.0546. The highest BCUT2D eigenvalue weighted by Gasteiger charge is 2.17. The van der Waals surface area contributed by atoms with Crippen LogP contribution in [0.5, 0.6) is 0 Å². The van der Waals surface area contributed by atoms with Crippen molar-refractivity contribution in [3.8, 4) is 0 Å². The van der Waals surface area contributed by atoms with Crippen molar-refractivity contribution in [2.75, 3.05) is 0 Å². The topological polar surface area (TPSA) is 124 Å². The molecule has 0 aromatic heterocycles. The molecule has 17 heavy (non-hydrogen) atoms. The van der Waals surface area contributed by atoms with E-state index in [9.17, 15) is 9.59 Å². The average Bonchev–Trinajstić information content (AvgIpc) is 2.27. The molecule has 0 spiro atoms. The van der Waals surface area contributed by atoms with Crippen LogP contribution in [0.1, 0.15) is 26.3 Å². The van der Waals surface area contributed by atoms with E-state index in [-0.39, 0.29) is 23.1 Å². The predicted octanol–water partition coefficient (Wildman–Crippen LogP) is -0.132. The standard InChI is InChI=1S/C10H10O7/c11-8(12)4-6-3-5(9(13)14)1-2-7(6)10(15)17-16/h1-3,8,11-12,16H,4H2,(H,13,14). The highest BCUT2D eigenvalue weighted by Crippen LogP contribution is 2.15. The molecule has 1 rings (SSSR count). The fourth-order valence-corrected chi connectivity index (χ4v) is 1.34. The van der Waals surface area contributed by atoms with Gasteiger partial charge in [-0.1, -0.05) is 0 Å². The molecule has 0 heterocycles. The third-order valence-electron chi connectivity index (χ3n) is 2.06. The molecule has 0 aliphatic carbocycles. The number of benzene rings is 1. The van der Waals surface area contributed by atoms with Crippen LogP contribution in [-0.4, -0.2) is 38.8 Å². The number of carbonyl (C=O) groups is 2. The minimum atomic E-state index is -1.75. The van der Waals surface area contributed by atoms with Gasteiger partial charge in [-0.3, -0.25) is 4.89 Å². The Bertz CT molecular complexity index is 438. The van der Waals surface area contributed by atoms with Crippen LogP contribution in [-0.2, 0) is 11.3 Å². The van der Waals surface area contributed by atoms with E-state index in [1.807, 2.05) is 0 Å². The van der Waals surface area contributed by atoms with Crippen molar-refractivity contribution in [3.63, 3.8) is 0 Å². The molecule has 4 N–H and O–H groups in total. The molecule has 7 nitrogen and oxygen atoms in total. The molecule has 0 radical (unpaired) electrons. The van der Waals surface area contributed by atoms with Gasteiger partial charge in [-0.25, -0.2) is 9.59 Å². The van der Waals surface area contributed by atoms with E-state index in [2.05, 4.69) is 4.89 Å². The summed E-state index contributed by atoms with van der Waals surface area (Å²) in [6, 6.07) is 3.37. The molecule has 0 fully saturated rings. The fourth-order valence-electron chi connectivity index (χ4n) is 1.34. The Morgan fingerprint density at radius 2 is 1.94 bits per heavy atom. The van der Waals surface area contributed by atoms with Gasteiger partial charge in [-0.2, -0.15) is 5.26 Å². The summed E-state index contributed by atoms with van der Waals surface area (Å²) in [7, 11) is 0. The number of carboxylic acids is 1. The smallest absolute Gasteiger partial charge is 0.373 e. The van der Waals surface area contributed by atoms with E-state index in [0.717, 1.165) is 18.2 Å². The summed E-state index contributed by atoms with van der Waals surface area (Å²) in [5.41, 5.74) is -0.195. The van der Waals surface area contributed by atoms with E-state index >= 15 is 0 Å². The molecule has 0 atom stereocenters. The van der Waals surface area contributed by atoms with Gasteiger partial charge in [0.2, 0.25) is 0 Å². The van der Waals surface area contributed by atoms with Gasteiger partial charge in [0.25, 0.3) is 0 Å². The van der Waals surface area contributed by atoms with Crippen molar-refractivity contribution < 1.29 is 35.1 Å². The van der Waals surface area contributed by atoms with Crippen LogP contribution in [0.15, 0.2) is 18.2 Å². The number of hydrogen-bond donors (Lipinski definition) is 4. The van der Waals surface area contributed by atoms with Gasteiger partial charge < -0.3 is 15.3 Å². The van der Waals surface area contributed by atoms with Crippen molar-refractivity contribution in [1.29, 1.82) is 0 Å². The summed E-state index contributed by atoms with van der Waals surface area (Å²) in [5, 5.41) is 34.6. The molecule has 0 saturated carbocycles. The predicted molar refractivity (Wildman–Crippen MR) is 53.4 cm³/mol. The maximum absolute atomic E-state index is 11.1. The van der Waals surface area contributed by atoms with Gasteiger partial charge in [0.1, 0.15) is 0 Å². The first-order valence-electron chi connectivity index (χ1n) is 4.53. The Balaban J connectivity index is 3.21. The number of hydrogen-bond acceptors (Lipinski definition) is 6. The monoisotopic (exact) mass is 242 g/mol. The molecule has 0 bridgehead atoms. The molecule has 92 valence electrons. The van der Waals surface area contributed by atoms with Crippen molar-refractivity contribution in [2.24, 2.45) is 0 Å². The number of carboxylic acid groups (broad SMARTS) is 1. The Kier molecular flexibility index (Phi) is 4.16. The van der Waals surface area contributed by atoms with E-state index in [0.29, 0.717) is 0 Å². The first kappa shape index (κ1) is 13.1. The van der Waals surface area contributed by atoms with E-state index in [1.165, 1.54) is 0 Å². The molecule has 0 amide bonds. The summed E-state index contributed by atoms with van der Waals surface area (Å²) < 4.78 is 0. The van der Waals surface area contributed by atoms with Crippen LogP contribution < -0.4 is 0 Å². The SMILES string of the molecule is O=C(O)c1ccc(C(=O)OO)c(CC(O)O)c1. The van der Waals surface area contributed by atoms with Gasteiger partial charge >= 0.3 is 11.9 Å². The van der Waals surface area contributed by atoms with Crippen molar-refractivity contribution in [1.82, 2.24) is 0 Å². The summed E-state index contributed by atoms with van der Waals surface area (Å²) in [5.74, 6) is -2.32. The zero-order chi connectivity index (χ0) is 13.0. The second-order valence-electron chi connectivity index (χ2n) is 3.24. The number of aliphatic hydroxyl groups excluding tert-OH is 1. The van der Waals surface area contributed by atoms with E-state index in [1.54, 1.807) is 0 Å². The molecular weight excluding hydrogens is 232 g/mol. The van der Waals surface area contributed by atoms with E-state index in [4.69, 9.17) is 20.6 Å². The fraction of sp³-hybridized carbons (Fsp3) is 0.200. The maximum Gasteiger partial charge on any atom is 0.373 e. The molecular formula is C10H10O7. The lowest BCUT2D eigenvalue weighted by Crippen LogP contribution is -2.14. The third-order valence-corrected chi connectivity index (χ3v) is 2.06. The Morgan fingerprint density at radius 3 is 2.41 bits per heavy atom. The first-order valence-corrected chi connectivity index (χ1v) is 4.53. The molecule has 0 unspecified atom stereocenters. The van der Waals surface area contributed by atoms with Crippen molar-refractivity contribution in [2.45, 2.75) is 12.7 Å². The zero-order valence-corrected chi connectivity index (χ0v) is 8.53. The van der Waals surface area contributed by atoms with Gasteiger partial charge in [-0.05, 0) is 23.8 Å². The maximum atomic E-state index is 11.1. The molecule has 0 saturated heterocycles. The average molecular weight is 242 g/mol. The van der Waals surface area contributed by atoms with Crippen LogP contribution in [0, 0.1) is 0 Å². The second-order valence-corrected chi connectivity index (χ2v) is 3.24. The zero-order valence-electron chi connectivity index (χ0n) is 8.53. The van der Waals surface area contributed by atoms with Crippen molar-refractivity contribution in [3.05, 3.63) is 34.9 Å². The quantitative estimate of drug-likeness (QED) is 0.329. The highest BCUT2D eigenvalue weighted by atomic mass is 17.1. The van der Waals surface area contributed by atoms with Crippen LogP contribution in [0.3, 0.4) is 0 Å². The Hall–Kier alpha value is -1.96. The normalized spacial score (nSPS) is 10.4. The molecule has 0 aliphatic rings. The van der Waals surface area contributed by atoms with Gasteiger partial charge in [0.15, 0.2) is 6.29 Å². The van der Waals surface area contributed by atoms with Crippen LogP contribution in [0.2, 0.25) is 0 Å².